The van der Waals surface area contributed by atoms with Crippen LogP contribution in [0.25, 0.3) is 0 Å². The molecule has 86 valence electrons. The summed E-state index contributed by atoms with van der Waals surface area (Å²) in [6, 6.07) is 9.24. The first-order valence-corrected chi connectivity index (χ1v) is 5.94. The first kappa shape index (κ1) is 12.9. The standard InChI is InChI=1S/C12H13BrO3/c1-2-16-11(15)8-10(14)12(13)9-6-4-3-5-7-9/h3-7,12H,2,8H2,1H3. The molecule has 1 rings (SSSR count). The Hall–Kier alpha value is -1.16. The molecule has 0 radical (unpaired) electrons. The van der Waals surface area contributed by atoms with Crippen LogP contribution in [0.4, 0.5) is 0 Å². The smallest absolute Gasteiger partial charge is 0.313 e. The van der Waals surface area contributed by atoms with E-state index in [0.717, 1.165) is 5.56 Å². The van der Waals surface area contributed by atoms with Crippen molar-refractivity contribution in [2.75, 3.05) is 6.61 Å². The summed E-state index contributed by atoms with van der Waals surface area (Å²) in [5.41, 5.74) is 0.844. The molecule has 0 saturated carbocycles. The Kier molecular flexibility index (Phi) is 5.19. The number of hydrogen-bond acceptors (Lipinski definition) is 3. The molecule has 3 nitrogen and oxygen atoms in total. The zero-order valence-electron chi connectivity index (χ0n) is 8.98. The molecule has 1 unspecified atom stereocenters. The summed E-state index contributed by atoms with van der Waals surface area (Å²) in [5.74, 6) is -0.669. The average molecular weight is 285 g/mol. The number of esters is 1. The van der Waals surface area contributed by atoms with E-state index in [1.807, 2.05) is 30.3 Å². The van der Waals surface area contributed by atoms with Crippen LogP contribution in [0.15, 0.2) is 30.3 Å². The predicted molar refractivity (Wildman–Crippen MR) is 64.4 cm³/mol. The van der Waals surface area contributed by atoms with Crippen molar-refractivity contribution in [2.45, 2.75) is 18.2 Å². The number of rotatable bonds is 5. The van der Waals surface area contributed by atoms with Crippen LogP contribution in [-0.4, -0.2) is 18.4 Å². The van der Waals surface area contributed by atoms with E-state index in [1.165, 1.54) is 0 Å². The van der Waals surface area contributed by atoms with Gasteiger partial charge in [-0.05, 0) is 12.5 Å². The third kappa shape index (κ3) is 3.77. The molecule has 0 aliphatic rings. The van der Waals surface area contributed by atoms with E-state index in [9.17, 15) is 9.59 Å². The molecule has 0 amide bonds. The number of hydrogen-bond donors (Lipinski definition) is 0. The van der Waals surface area contributed by atoms with Crippen molar-refractivity contribution >= 4 is 27.7 Å². The van der Waals surface area contributed by atoms with Crippen molar-refractivity contribution in [2.24, 2.45) is 0 Å². The quantitative estimate of drug-likeness (QED) is 0.474. The number of carbonyl (C=O) groups excluding carboxylic acids is 2. The average Bonchev–Trinajstić information content (AvgIpc) is 2.29. The molecule has 0 bridgehead atoms. The molecule has 0 heterocycles. The predicted octanol–water partition coefficient (Wildman–Crippen LogP) is 2.64. The largest absolute Gasteiger partial charge is 0.466 e. The molecule has 1 aromatic rings. The minimum Gasteiger partial charge on any atom is -0.466 e. The highest BCUT2D eigenvalue weighted by molar-refractivity contribution is 9.09. The summed E-state index contributed by atoms with van der Waals surface area (Å²) in [6.07, 6.45) is -0.196. The van der Waals surface area contributed by atoms with Gasteiger partial charge in [-0.15, -0.1) is 0 Å². The van der Waals surface area contributed by atoms with Crippen LogP contribution in [0.5, 0.6) is 0 Å². The number of benzene rings is 1. The van der Waals surface area contributed by atoms with Gasteiger partial charge in [-0.3, -0.25) is 9.59 Å². The van der Waals surface area contributed by atoms with Crippen LogP contribution in [-0.2, 0) is 14.3 Å². The van der Waals surface area contributed by atoms with Gasteiger partial charge >= 0.3 is 5.97 Å². The molecule has 0 N–H and O–H groups in total. The molecule has 1 aromatic carbocycles. The van der Waals surface area contributed by atoms with Crippen molar-refractivity contribution in [3.05, 3.63) is 35.9 Å². The summed E-state index contributed by atoms with van der Waals surface area (Å²) >= 11 is 3.27. The van der Waals surface area contributed by atoms with Crippen LogP contribution in [0.2, 0.25) is 0 Å². The van der Waals surface area contributed by atoms with Gasteiger partial charge in [0, 0.05) is 0 Å². The lowest BCUT2D eigenvalue weighted by Crippen LogP contribution is -2.14. The topological polar surface area (TPSA) is 43.4 Å². The lowest BCUT2D eigenvalue weighted by atomic mass is 10.1. The second-order valence-electron chi connectivity index (χ2n) is 3.22. The Morgan fingerprint density at radius 1 is 1.31 bits per heavy atom. The normalized spacial score (nSPS) is 11.9. The van der Waals surface area contributed by atoms with Gasteiger partial charge in [-0.2, -0.15) is 0 Å². The zero-order chi connectivity index (χ0) is 12.0. The fourth-order valence-corrected chi connectivity index (χ4v) is 1.72. The third-order valence-electron chi connectivity index (χ3n) is 2.00. The first-order valence-electron chi connectivity index (χ1n) is 5.02. The number of ether oxygens (including phenoxy) is 1. The summed E-state index contributed by atoms with van der Waals surface area (Å²) in [5, 5.41) is 0. The van der Waals surface area contributed by atoms with Gasteiger partial charge in [0.1, 0.15) is 6.42 Å². The highest BCUT2D eigenvalue weighted by Gasteiger charge is 2.20. The van der Waals surface area contributed by atoms with Crippen LogP contribution in [0.1, 0.15) is 23.7 Å². The molecular formula is C12H13BrO3. The number of Topliss-reactive ketones (excluding diaryl/α,β-unsaturated/α-hetero) is 1. The Morgan fingerprint density at radius 3 is 2.50 bits per heavy atom. The summed E-state index contributed by atoms with van der Waals surface area (Å²) in [7, 11) is 0. The Labute approximate surface area is 103 Å². The van der Waals surface area contributed by atoms with Crippen molar-refractivity contribution in [1.29, 1.82) is 0 Å². The molecule has 4 heteroatoms. The van der Waals surface area contributed by atoms with Gasteiger partial charge in [0.15, 0.2) is 5.78 Å². The van der Waals surface area contributed by atoms with E-state index >= 15 is 0 Å². The van der Waals surface area contributed by atoms with Crippen LogP contribution < -0.4 is 0 Å². The molecule has 0 saturated heterocycles. The second-order valence-corrected chi connectivity index (χ2v) is 4.14. The number of halogens is 1. The third-order valence-corrected chi connectivity index (χ3v) is 3.04. The number of alkyl halides is 1. The van der Waals surface area contributed by atoms with Gasteiger partial charge in [0.25, 0.3) is 0 Å². The molecule has 0 aromatic heterocycles. The zero-order valence-corrected chi connectivity index (χ0v) is 10.6. The second kappa shape index (κ2) is 6.43. The Bertz CT molecular complexity index is 362. The molecule has 0 spiro atoms. The monoisotopic (exact) mass is 284 g/mol. The maximum Gasteiger partial charge on any atom is 0.313 e. The maximum absolute atomic E-state index is 11.7. The van der Waals surface area contributed by atoms with Crippen LogP contribution in [0.3, 0.4) is 0 Å². The molecule has 16 heavy (non-hydrogen) atoms. The number of carbonyl (C=O) groups is 2. The highest BCUT2D eigenvalue weighted by Crippen LogP contribution is 2.24. The summed E-state index contributed by atoms with van der Waals surface area (Å²) < 4.78 is 4.72. The summed E-state index contributed by atoms with van der Waals surface area (Å²) in [4.78, 5) is 22.4. The van der Waals surface area contributed by atoms with Gasteiger partial charge in [0.05, 0.1) is 11.4 Å². The lowest BCUT2D eigenvalue weighted by molar-refractivity contribution is -0.145. The van der Waals surface area contributed by atoms with Gasteiger partial charge in [0.2, 0.25) is 0 Å². The Balaban J connectivity index is 2.58. The van der Waals surface area contributed by atoms with Crippen molar-refractivity contribution in [1.82, 2.24) is 0 Å². The number of ketones is 1. The van der Waals surface area contributed by atoms with E-state index in [-0.39, 0.29) is 12.2 Å². The maximum atomic E-state index is 11.7. The van der Waals surface area contributed by atoms with Crippen LogP contribution >= 0.6 is 15.9 Å². The minimum absolute atomic E-state index is 0.190. The first-order chi connectivity index (χ1) is 7.65. The minimum atomic E-state index is -0.479. The van der Waals surface area contributed by atoms with E-state index in [1.54, 1.807) is 6.92 Å². The Morgan fingerprint density at radius 2 is 1.94 bits per heavy atom. The molecular weight excluding hydrogens is 272 g/mol. The van der Waals surface area contributed by atoms with E-state index in [0.29, 0.717) is 6.61 Å². The summed E-state index contributed by atoms with van der Waals surface area (Å²) in [6.45, 7) is 2.01. The van der Waals surface area contributed by atoms with Crippen molar-refractivity contribution in [3.63, 3.8) is 0 Å². The van der Waals surface area contributed by atoms with Gasteiger partial charge < -0.3 is 4.74 Å². The molecule has 0 aliphatic heterocycles. The highest BCUT2D eigenvalue weighted by atomic mass is 79.9. The van der Waals surface area contributed by atoms with E-state index in [2.05, 4.69) is 15.9 Å². The molecule has 0 aliphatic carbocycles. The molecule has 1 atom stereocenters. The fourth-order valence-electron chi connectivity index (χ4n) is 1.25. The lowest BCUT2D eigenvalue weighted by Gasteiger charge is -2.08. The van der Waals surface area contributed by atoms with E-state index < -0.39 is 10.8 Å². The molecule has 0 fully saturated rings. The fraction of sp³-hybridized carbons (Fsp3) is 0.333. The van der Waals surface area contributed by atoms with Gasteiger partial charge in [-0.1, -0.05) is 46.3 Å². The van der Waals surface area contributed by atoms with Crippen molar-refractivity contribution in [3.8, 4) is 0 Å². The van der Waals surface area contributed by atoms with Crippen LogP contribution in [0, 0.1) is 0 Å². The SMILES string of the molecule is CCOC(=O)CC(=O)C(Br)c1ccccc1. The van der Waals surface area contributed by atoms with E-state index in [4.69, 9.17) is 4.74 Å². The van der Waals surface area contributed by atoms with Crippen molar-refractivity contribution < 1.29 is 14.3 Å². The van der Waals surface area contributed by atoms with Gasteiger partial charge in [-0.25, -0.2) is 0 Å².